The highest BCUT2D eigenvalue weighted by atomic mass is 32.2. The Kier molecular flexibility index (Phi) is 1.71. The van der Waals surface area contributed by atoms with Gasteiger partial charge in [-0.05, 0) is 13.8 Å². The molecule has 2 aliphatic rings. The van der Waals surface area contributed by atoms with Gasteiger partial charge in [-0.2, -0.15) is 11.8 Å². The minimum Gasteiger partial charge on any atom is -0.313 e. The smallest absolute Gasteiger partial charge is 0.0493 e. The highest BCUT2D eigenvalue weighted by molar-refractivity contribution is 8.00. The van der Waals surface area contributed by atoms with Crippen LogP contribution in [-0.4, -0.2) is 35.7 Å². The Bertz CT molecular complexity index is 163. The summed E-state index contributed by atoms with van der Waals surface area (Å²) in [6.45, 7) is 6.79. The number of hydrogen-bond donors (Lipinski definition) is 2. The molecule has 0 aliphatic carbocycles. The van der Waals surface area contributed by atoms with Gasteiger partial charge in [0.25, 0.3) is 0 Å². The maximum Gasteiger partial charge on any atom is 0.0493 e. The molecule has 0 atom stereocenters. The normalized spacial score (nSPS) is 33.3. The van der Waals surface area contributed by atoms with Crippen LogP contribution in [0.15, 0.2) is 0 Å². The largest absolute Gasteiger partial charge is 0.313 e. The van der Waals surface area contributed by atoms with Gasteiger partial charge >= 0.3 is 0 Å². The van der Waals surface area contributed by atoms with Gasteiger partial charge in [-0.15, -0.1) is 0 Å². The van der Waals surface area contributed by atoms with E-state index in [1.807, 2.05) is 11.8 Å². The van der Waals surface area contributed by atoms with E-state index in [-0.39, 0.29) is 0 Å². The molecular formula is C8H16N2S. The van der Waals surface area contributed by atoms with Crippen molar-refractivity contribution in [2.45, 2.75) is 24.9 Å². The van der Waals surface area contributed by atoms with Crippen LogP contribution in [0.5, 0.6) is 0 Å². The molecule has 64 valence electrons. The standard InChI is InChI=1S/C8H16N2S/c1-7(2)3-9-4-8(10-7)5-11-6-8/h9-10H,3-6H2,1-2H3. The van der Waals surface area contributed by atoms with E-state index >= 15 is 0 Å². The minimum absolute atomic E-state index is 0.291. The molecule has 0 radical (unpaired) electrons. The number of thioether (sulfide) groups is 1. The third-order valence-electron chi connectivity index (χ3n) is 2.39. The van der Waals surface area contributed by atoms with Gasteiger partial charge in [-0.25, -0.2) is 0 Å². The zero-order valence-electron chi connectivity index (χ0n) is 7.24. The molecule has 0 bridgehead atoms. The molecule has 0 unspecified atom stereocenters. The van der Waals surface area contributed by atoms with Crippen molar-refractivity contribution in [1.82, 2.24) is 10.6 Å². The zero-order chi connectivity index (χ0) is 7.95. The van der Waals surface area contributed by atoms with Crippen LogP contribution in [0.2, 0.25) is 0 Å². The maximum atomic E-state index is 3.72. The fraction of sp³-hybridized carbons (Fsp3) is 1.00. The summed E-state index contributed by atoms with van der Waals surface area (Å²) in [5.41, 5.74) is 0.728. The van der Waals surface area contributed by atoms with Crippen LogP contribution >= 0.6 is 11.8 Å². The van der Waals surface area contributed by atoms with Gasteiger partial charge in [0.2, 0.25) is 0 Å². The molecule has 2 nitrogen and oxygen atoms in total. The van der Waals surface area contributed by atoms with Crippen LogP contribution in [0.25, 0.3) is 0 Å². The quantitative estimate of drug-likeness (QED) is 0.554. The van der Waals surface area contributed by atoms with E-state index in [0.29, 0.717) is 11.1 Å². The Morgan fingerprint density at radius 2 is 1.91 bits per heavy atom. The molecule has 2 fully saturated rings. The second kappa shape index (κ2) is 2.38. The molecule has 1 spiro atoms. The van der Waals surface area contributed by atoms with E-state index in [9.17, 15) is 0 Å². The first-order valence-corrected chi connectivity index (χ1v) is 5.35. The summed E-state index contributed by atoms with van der Waals surface area (Å²) < 4.78 is 0. The third kappa shape index (κ3) is 1.42. The van der Waals surface area contributed by atoms with Crippen molar-refractivity contribution in [3.8, 4) is 0 Å². The van der Waals surface area contributed by atoms with Gasteiger partial charge < -0.3 is 10.6 Å². The first-order valence-electron chi connectivity index (χ1n) is 4.20. The van der Waals surface area contributed by atoms with Crippen LogP contribution in [0, 0.1) is 0 Å². The molecule has 2 saturated heterocycles. The van der Waals surface area contributed by atoms with Crippen molar-refractivity contribution in [3.05, 3.63) is 0 Å². The summed E-state index contributed by atoms with van der Waals surface area (Å²) in [6, 6.07) is 0. The Balaban J connectivity index is 2.03. The zero-order valence-corrected chi connectivity index (χ0v) is 8.05. The van der Waals surface area contributed by atoms with Gasteiger partial charge in [-0.3, -0.25) is 0 Å². The predicted molar refractivity (Wildman–Crippen MR) is 50.1 cm³/mol. The van der Waals surface area contributed by atoms with E-state index in [2.05, 4.69) is 24.5 Å². The summed E-state index contributed by atoms with van der Waals surface area (Å²) in [5.74, 6) is 2.56. The van der Waals surface area contributed by atoms with Crippen molar-refractivity contribution >= 4 is 11.8 Å². The lowest BCUT2D eigenvalue weighted by atomic mass is 9.92. The second-order valence-corrected chi connectivity index (χ2v) is 5.37. The molecule has 0 saturated carbocycles. The van der Waals surface area contributed by atoms with Gasteiger partial charge in [0.05, 0.1) is 0 Å². The summed E-state index contributed by atoms with van der Waals surface area (Å²) in [6.07, 6.45) is 0. The average molecular weight is 172 g/mol. The van der Waals surface area contributed by atoms with Gasteiger partial charge in [0.15, 0.2) is 0 Å². The van der Waals surface area contributed by atoms with E-state index in [4.69, 9.17) is 0 Å². The van der Waals surface area contributed by atoms with Crippen LogP contribution in [0.1, 0.15) is 13.8 Å². The molecule has 0 aromatic rings. The molecule has 0 aromatic carbocycles. The minimum atomic E-state index is 0.291. The molecule has 2 heterocycles. The van der Waals surface area contributed by atoms with Crippen molar-refractivity contribution in [2.75, 3.05) is 24.6 Å². The number of hydrogen-bond acceptors (Lipinski definition) is 3. The molecule has 2 rings (SSSR count). The number of piperazine rings is 1. The molecule has 2 aliphatic heterocycles. The predicted octanol–water partition coefficient (Wildman–Crippen LogP) is 0.443. The van der Waals surface area contributed by atoms with Gasteiger partial charge in [0, 0.05) is 35.7 Å². The van der Waals surface area contributed by atoms with Gasteiger partial charge in [-0.1, -0.05) is 0 Å². The summed E-state index contributed by atoms with van der Waals surface area (Å²) in [4.78, 5) is 0. The molecule has 0 amide bonds. The third-order valence-corrected chi connectivity index (χ3v) is 3.90. The van der Waals surface area contributed by atoms with E-state index < -0.39 is 0 Å². The first-order chi connectivity index (χ1) is 5.12. The lowest BCUT2D eigenvalue weighted by molar-refractivity contribution is 0.200. The summed E-state index contributed by atoms with van der Waals surface area (Å²) in [7, 11) is 0. The van der Waals surface area contributed by atoms with Crippen molar-refractivity contribution < 1.29 is 0 Å². The fourth-order valence-electron chi connectivity index (χ4n) is 1.94. The van der Waals surface area contributed by atoms with E-state index in [0.717, 1.165) is 13.1 Å². The fourth-order valence-corrected chi connectivity index (χ4v) is 2.99. The average Bonchev–Trinajstić information content (AvgIpc) is 1.82. The SMILES string of the molecule is CC1(C)CNCC2(CSC2)N1. The second-order valence-electron chi connectivity index (χ2n) is 4.39. The molecule has 3 heteroatoms. The monoisotopic (exact) mass is 172 g/mol. The topological polar surface area (TPSA) is 24.1 Å². The van der Waals surface area contributed by atoms with Crippen LogP contribution in [0.4, 0.5) is 0 Å². The molecular weight excluding hydrogens is 156 g/mol. The van der Waals surface area contributed by atoms with Crippen molar-refractivity contribution in [3.63, 3.8) is 0 Å². The lowest BCUT2D eigenvalue weighted by Crippen LogP contribution is -2.73. The molecule has 0 aromatic heterocycles. The first kappa shape index (κ1) is 7.90. The van der Waals surface area contributed by atoms with E-state index in [1.165, 1.54) is 11.5 Å². The number of nitrogens with one attached hydrogen (secondary N) is 2. The van der Waals surface area contributed by atoms with Crippen molar-refractivity contribution in [1.29, 1.82) is 0 Å². The number of rotatable bonds is 0. The lowest BCUT2D eigenvalue weighted by Gasteiger charge is -2.51. The highest BCUT2D eigenvalue weighted by Gasteiger charge is 2.43. The molecule has 11 heavy (non-hydrogen) atoms. The summed E-state index contributed by atoms with van der Waals surface area (Å²) in [5, 5.41) is 7.21. The summed E-state index contributed by atoms with van der Waals surface area (Å²) >= 11 is 2.04. The van der Waals surface area contributed by atoms with E-state index in [1.54, 1.807) is 0 Å². The Hall–Kier alpha value is 0.270. The van der Waals surface area contributed by atoms with Crippen LogP contribution in [-0.2, 0) is 0 Å². The maximum absolute atomic E-state index is 3.72. The van der Waals surface area contributed by atoms with Crippen LogP contribution < -0.4 is 10.6 Å². The highest BCUT2D eigenvalue weighted by Crippen LogP contribution is 2.32. The van der Waals surface area contributed by atoms with Crippen LogP contribution in [0.3, 0.4) is 0 Å². The molecule has 2 N–H and O–H groups in total. The Morgan fingerprint density at radius 1 is 1.18 bits per heavy atom. The Labute approximate surface area is 72.5 Å². The van der Waals surface area contributed by atoms with Crippen molar-refractivity contribution in [2.24, 2.45) is 0 Å². The van der Waals surface area contributed by atoms with Gasteiger partial charge in [0.1, 0.15) is 0 Å². The Morgan fingerprint density at radius 3 is 2.27 bits per heavy atom.